The number of carbonyl (C=O) groups excluding carboxylic acids is 3. The fourth-order valence-corrected chi connectivity index (χ4v) is 3.93. The van der Waals surface area contributed by atoms with Gasteiger partial charge in [-0.15, -0.1) is 0 Å². The summed E-state index contributed by atoms with van der Waals surface area (Å²) in [5.74, 6) is -1.60. The summed E-state index contributed by atoms with van der Waals surface area (Å²) in [4.78, 5) is 51.1. The first-order chi connectivity index (χ1) is 17.1. The number of carbonyl (C=O) groups is 3. The summed E-state index contributed by atoms with van der Waals surface area (Å²) in [6.07, 6.45) is 0.972. The van der Waals surface area contributed by atoms with Crippen molar-refractivity contribution in [2.45, 2.75) is 26.7 Å². The molecule has 0 spiro atoms. The minimum atomic E-state index is -0.588. The zero-order valence-electron chi connectivity index (χ0n) is 20.5. The highest BCUT2D eigenvalue weighted by Gasteiger charge is 2.28. The van der Waals surface area contributed by atoms with E-state index in [9.17, 15) is 23.6 Å². The maximum atomic E-state index is 14.7. The SMILES string of the molecule is CNC(=O)c1c(N(C=O)c2cccc(CCC(N)=O)c2)c(C)c(=O)n(C)c1Nc1ccc(C)cc1F. The van der Waals surface area contributed by atoms with E-state index in [0.29, 0.717) is 24.1 Å². The Bertz CT molecular complexity index is 1400. The number of aryl methyl sites for hydroxylation is 2. The van der Waals surface area contributed by atoms with Crippen molar-refractivity contribution in [2.24, 2.45) is 12.8 Å². The molecule has 0 saturated heterocycles. The van der Waals surface area contributed by atoms with Crippen molar-refractivity contribution in [3.8, 4) is 0 Å². The molecular formula is C26H28FN5O4. The number of nitrogens with zero attached hydrogens (tertiary/aromatic N) is 2. The highest BCUT2D eigenvalue weighted by atomic mass is 19.1. The molecule has 0 aliphatic heterocycles. The monoisotopic (exact) mass is 493 g/mol. The summed E-state index contributed by atoms with van der Waals surface area (Å²) < 4.78 is 15.9. The Morgan fingerprint density at radius 3 is 2.50 bits per heavy atom. The van der Waals surface area contributed by atoms with Crippen LogP contribution in [0.2, 0.25) is 0 Å². The number of primary amides is 1. The summed E-state index contributed by atoms with van der Waals surface area (Å²) >= 11 is 0. The number of amides is 3. The van der Waals surface area contributed by atoms with Crippen LogP contribution in [-0.4, -0.2) is 29.8 Å². The lowest BCUT2D eigenvalue weighted by molar-refractivity contribution is -0.118. The van der Waals surface area contributed by atoms with Gasteiger partial charge in [-0.1, -0.05) is 18.2 Å². The van der Waals surface area contributed by atoms with Gasteiger partial charge in [-0.05, 0) is 55.7 Å². The van der Waals surface area contributed by atoms with Gasteiger partial charge in [-0.3, -0.25) is 28.6 Å². The van der Waals surface area contributed by atoms with Crippen molar-refractivity contribution < 1.29 is 18.8 Å². The number of benzene rings is 2. The van der Waals surface area contributed by atoms with Gasteiger partial charge in [0.05, 0.1) is 11.4 Å². The van der Waals surface area contributed by atoms with Crippen LogP contribution in [0.25, 0.3) is 0 Å². The topological polar surface area (TPSA) is 127 Å². The van der Waals surface area contributed by atoms with E-state index in [1.165, 1.54) is 42.6 Å². The van der Waals surface area contributed by atoms with Crippen LogP contribution in [0.1, 0.15) is 33.5 Å². The quantitative estimate of drug-likeness (QED) is 0.395. The number of anilines is 4. The number of hydrogen-bond donors (Lipinski definition) is 3. The summed E-state index contributed by atoms with van der Waals surface area (Å²) in [5.41, 5.74) is 6.81. The molecule has 3 rings (SSSR count). The molecule has 3 aromatic rings. The van der Waals surface area contributed by atoms with Crippen LogP contribution in [0, 0.1) is 19.7 Å². The second-order valence-corrected chi connectivity index (χ2v) is 8.36. The van der Waals surface area contributed by atoms with Crippen molar-refractivity contribution in [2.75, 3.05) is 17.3 Å². The van der Waals surface area contributed by atoms with Crippen LogP contribution in [-0.2, 0) is 23.1 Å². The standard InChI is InChI=1S/C26H28FN5O4/c1-15-8-10-20(19(27)12-15)30-24-22(25(35)29-3)23(16(2)26(36)31(24)4)32(14-33)18-7-5-6-17(13-18)9-11-21(28)34/h5-8,10,12-14,30H,9,11H2,1-4H3,(H2,28,34)(H,29,35). The van der Waals surface area contributed by atoms with Crippen molar-refractivity contribution in [3.05, 3.63) is 80.9 Å². The van der Waals surface area contributed by atoms with Crippen molar-refractivity contribution >= 4 is 41.1 Å². The number of rotatable bonds is 9. The third-order valence-corrected chi connectivity index (χ3v) is 5.82. The predicted octanol–water partition coefficient (Wildman–Crippen LogP) is 2.96. The van der Waals surface area contributed by atoms with Gasteiger partial charge in [-0.2, -0.15) is 0 Å². The normalized spacial score (nSPS) is 10.6. The molecular weight excluding hydrogens is 465 g/mol. The fourth-order valence-electron chi connectivity index (χ4n) is 3.93. The van der Waals surface area contributed by atoms with E-state index in [1.807, 2.05) is 0 Å². The molecule has 10 heteroatoms. The molecule has 9 nitrogen and oxygen atoms in total. The van der Waals surface area contributed by atoms with Crippen molar-refractivity contribution in [3.63, 3.8) is 0 Å². The minimum Gasteiger partial charge on any atom is -0.370 e. The lowest BCUT2D eigenvalue weighted by Crippen LogP contribution is -2.33. The number of nitrogens with two attached hydrogens (primary N) is 1. The highest BCUT2D eigenvalue weighted by molar-refractivity contribution is 6.08. The molecule has 0 aliphatic carbocycles. The summed E-state index contributed by atoms with van der Waals surface area (Å²) in [6, 6.07) is 11.3. The number of hydrogen-bond acceptors (Lipinski definition) is 5. The highest BCUT2D eigenvalue weighted by Crippen LogP contribution is 2.35. The Morgan fingerprint density at radius 2 is 1.89 bits per heavy atom. The molecule has 188 valence electrons. The van der Waals surface area contributed by atoms with Crippen molar-refractivity contribution in [1.82, 2.24) is 9.88 Å². The number of halogens is 1. The molecule has 0 fully saturated rings. The van der Waals surface area contributed by atoms with Crippen LogP contribution in [0.5, 0.6) is 0 Å². The second-order valence-electron chi connectivity index (χ2n) is 8.36. The number of pyridine rings is 1. The second kappa shape index (κ2) is 10.9. The summed E-state index contributed by atoms with van der Waals surface area (Å²) in [6.45, 7) is 3.25. The first kappa shape index (κ1) is 26.1. The Balaban J connectivity index is 2.26. The van der Waals surface area contributed by atoms with Crippen LogP contribution in [0.3, 0.4) is 0 Å². The molecule has 2 aromatic carbocycles. The van der Waals surface area contributed by atoms with Gasteiger partial charge in [0.15, 0.2) is 0 Å². The summed E-state index contributed by atoms with van der Waals surface area (Å²) in [7, 11) is 2.87. The maximum Gasteiger partial charge on any atom is 0.256 e. The van der Waals surface area contributed by atoms with E-state index < -0.39 is 23.2 Å². The first-order valence-electron chi connectivity index (χ1n) is 11.2. The Kier molecular flexibility index (Phi) is 7.88. The van der Waals surface area contributed by atoms with Gasteiger partial charge >= 0.3 is 0 Å². The van der Waals surface area contributed by atoms with Gasteiger partial charge in [-0.25, -0.2) is 4.39 Å². The smallest absolute Gasteiger partial charge is 0.256 e. The lowest BCUT2D eigenvalue weighted by atomic mass is 10.0. The van der Waals surface area contributed by atoms with Gasteiger partial charge < -0.3 is 16.4 Å². The van der Waals surface area contributed by atoms with Gasteiger partial charge in [0.2, 0.25) is 12.3 Å². The van der Waals surface area contributed by atoms with E-state index in [-0.39, 0.29) is 34.7 Å². The minimum absolute atomic E-state index is 0.0134. The molecule has 0 saturated carbocycles. The van der Waals surface area contributed by atoms with E-state index >= 15 is 0 Å². The molecule has 0 unspecified atom stereocenters. The van der Waals surface area contributed by atoms with Crippen LogP contribution in [0.4, 0.5) is 27.3 Å². The molecule has 0 bridgehead atoms. The van der Waals surface area contributed by atoms with E-state index in [0.717, 1.165) is 5.56 Å². The largest absolute Gasteiger partial charge is 0.370 e. The zero-order chi connectivity index (χ0) is 26.6. The average Bonchev–Trinajstić information content (AvgIpc) is 2.85. The average molecular weight is 494 g/mol. The third-order valence-electron chi connectivity index (χ3n) is 5.82. The van der Waals surface area contributed by atoms with Crippen molar-refractivity contribution in [1.29, 1.82) is 0 Å². The number of aromatic nitrogens is 1. The lowest BCUT2D eigenvalue weighted by Gasteiger charge is -2.26. The molecule has 0 radical (unpaired) electrons. The zero-order valence-corrected chi connectivity index (χ0v) is 20.5. The molecule has 0 aliphatic rings. The van der Waals surface area contributed by atoms with Gasteiger partial charge in [0.25, 0.3) is 11.5 Å². The molecule has 0 atom stereocenters. The number of nitrogens with one attached hydrogen (secondary N) is 2. The summed E-state index contributed by atoms with van der Waals surface area (Å²) in [5, 5.41) is 5.41. The van der Waals surface area contributed by atoms with Gasteiger partial charge in [0.1, 0.15) is 17.2 Å². The Morgan fingerprint density at radius 1 is 1.17 bits per heavy atom. The Hall–Kier alpha value is -4.47. The third kappa shape index (κ3) is 5.27. The molecule has 1 aromatic heterocycles. The van der Waals surface area contributed by atoms with E-state index in [1.54, 1.807) is 37.3 Å². The molecule has 36 heavy (non-hydrogen) atoms. The molecule has 3 amide bonds. The van der Waals surface area contributed by atoms with E-state index in [4.69, 9.17) is 5.73 Å². The first-order valence-corrected chi connectivity index (χ1v) is 11.2. The van der Waals surface area contributed by atoms with Crippen LogP contribution >= 0.6 is 0 Å². The molecule has 4 N–H and O–H groups in total. The maximum absolute atomic E-state index is 14.7. The predicted molar refractivity (Wildman–Crippen MR) is 136 cm³/mol. The van der Waals surface area contributed by atoms with Crippen LogP contribution in [0.15, 0.2) is 47.3 Å². The fraction of sp³-hybridized carbons (Fsp3) is 0.231. The molecule has 1 heterocycles. The van der Waals surface area contributed by atoms with Crippen LogP contribution < -0.4 is 26.8 Å². The Labute approximate surface area is 207 Å². The van der Waals surface area contributed by atoms with Gasteiger partial charge in [0, 0.05) is 31.8 Å². The van der Waals surface area contributed by atoms with E-state index in [2.05, 4.69) is 10.6 Å².